The number of rotatable bonds is 2. The predicted molar refractivity (Wildman–Crippen MR) is 59.5 cm³/mol. The van der Waals surface area contributed by atoms with Crippen LogP contribution in [0.3, 0.4) is 0 Å². The molecule has 2 N–H and O–H groups in total. The second-order valence-electron chi connectivity index (χ2n) is 3.16. The summed E-state index contributed by atoms with van der Waals surface area (Å²) in [6.07, 6.45) is 4.92. The van der Waals surface area contributed by atoms with Gasteiger partial charge >= 0.3 is 0 Å². The Morgan fingerprint density at radius 3 is 2.47 bits per heavy atom. The first-order valence-electron chi connectivity index (χ1n) is 4.54. The highest BCUT2D eigenvalue weighted by Gasteiger charge is 2.09. The lowest BCUT2D eigenvalue weighted by molar-refractivity contribution is 0.818. The molecular weight excluding hydrogens is 210 g/mol. The molecule has 0 unspecified atom stereocenters. The minimum Gasteiger partial charge on any atom is -0.319 e. The Morgan fingerprint density at radius 2 is 1.87 bits per heavy atom. The zero-order valence-electron chi connectivity index (χ0n) is 7.97. The van der Waals surface area contributed by atoms with Gasteiger partial charge in [-0.1, -0.05) is 23.7 Å². The van der Waals surface area contributed by atoms with Crippen LogP contribution in [0.2, 0.25) is 5.02 Å². The van der Waals surface area contributed by atoms with Crippen molar-refractivity contribution < 1.29 is 0 Å². The minimum atomic E-state index is -0.254. The van der Waals surface area contributed by atoms with Crippen LogP contribution in [0.15, 0.2) is 42.9 Å². The summed E-state index contributed by atoms with van der Waals surface area (Å²) in [5.74, 6) is 0. The van der Waals surface area contributed by atoms with E-state index in [9.17, 15) is 0 Å². The number of nitrogens with zero attached hydrogens (tertiary/aromatic N) is 2. The maximum absolute atomic E-state index is 6.02. The Morgan fingerprint density at radius 1 is 1.13 bits per heavy atom. The van der Waals surface area contributed by atoms with Crippen LogP contribution >= 0.6 is 11.6 Å². The molecule has 0 aliphatic heterocycles. The van der Waals surface area contributed by atoms with E-state index in [1.165, 1.54) is 0 Å². The lowest BCUT2D eigenvalue weighted by atomic mass is 10.1. The van der Waals surface area contributed by atoms with Gasteiger partial charge in [-0.15, -0.1) is 0 Å². The van der Waals surface area contributed by atoms with Gasteiger partial charge in [0.2, 0.25) is 0 Å². The highest BCUT2D eigenvalue weighted by Crippen LogP contribution is 2.18. The third kappa shape index (κ3) is 2.32. The molecule has 0 aliphatic rings. The standard InChI is InChI=1S/C11H10ClN3/c12-9-3-1-8(2-4-9)11(13)10-7-14-5-6-15-10/h1-7,11H,13H2/t11-/m0/s1. The lowest BCUT2D eigenvalue weighted by Crippen LogP contribution is -2.13. The average molecular weight is 220 g/mol. The first-order valence-corrected chi connectivity index (χ1v) is 4.92. The molecule has 4 heteroatoms. The van der Waals surface area contributed by atoms with Crippen LogP contribution in [0.1, 0.15) is 17.3 Å². The molecule has 1 aromatic carbocycles. The van der Waals surface area contributed by atoms with E-state index in [2.05, 4.69) is 9.97 Å². The predicted octanol–water partition coefficient (Wildman–Crippen LogP) is 2.18. The Bertz CT molecular complexity index is 427. The minimum absolute atomic E-state index is 0.254. The van der Waals surface area contributed by atoms with Crippen molar-refractivity contribution >= 4 is 11.6 Å². The van der Waals surface area contributed by atoms with E-state index < -0.39 is 0 Å². The van der Waals surface area contributed by atoms with E-state index in [0.717, 1.165) is 11.3 Å². The van der Waals surface area contributed by atoms with Crippen LogP contribution in [0, 0.1) is 0 Å². The maximum atomic E-state index is 6.02. The van der Waals surface area contributed by atoms with Gasteiger partial charge in [-0.2, -0.15) is 0 Å². The fourth-order valence-corrected chi connectivity index (χ4v) is 1.44. The molecular formula is C11H10ClN3. The van der Waals surface area contributed by atoms with Crippen molar-refractivity contribution in [1.82, 2.24) is 9.97 Å². The Kier molecular flexibility index (Phi) is 2.94. The summed E-state index contributed by atoms with van der Waals surface area (Å²) in [6, 6.07) is 7.15. The van der Waals surface area contributed by atoms with E-state index in [1.54, 1.807) is 18.6 Å². The van der Waals surface area contributed by atoms with Gasteiger partial charge in [-0.25, -0.2) is 0 Å². The first-order chi connectivity index (χ1) is 7.27. The summed E-state index contributed by atoms with van der Waals surface area (Å²) < 4.78 is 0. The van der Waals surface area contributed by atoms with Gasteiger partial charge in [0.1, 0.15) is 0 Å². The normalized spacial score (nSPS) is 12.4. The molecule has 2 rings (SSSR count). The molecule has 1 aromatic heterocycles. The number of benzene rings is 1. The summed E-state index contributed by atoms with van der Waals surface area (Å²) in [7, 11) is 0. The highest BCUT2D eigenvalue weighted by molar-refractivity contribution is 6.30. The number of hydrogen-bond acceptors (Lipinski definition) is 3. The van der Waals surface area contributed by atoms with Gasteiger partial charge in [0.25, 0.3) is 0 Å². The first kappa shape index (κ1) is 10.1. The molecule has 1 heterocycles. The van der Waals surface area contributed by atoms with Crippen molar-refractivity contribution in [2.75, 3.05) is 0 Å². The zero-order valence-corrected chi connectivity index (χ0v) is 8.72. The molecule has 0 radical (unpaired) electrons. The van der Waals surface area contributed by atoms with E-state index in [4.69, 9.17) is 17.3 Å². The highest BCUT2D eigenvalue weighted by atomic mass is 35.5. The Hall–Kier alpha value is -1.45. The third-order valence-electron chi connectivity index (χ3n) is 2.13. The van der Waals surface area contributed by atoms with Crippen LogP contribution in [-0.4, -0.2) is 9.97 Å². The Balaban J connectivity index is 2.29. The van der Waals surface area contributed by atoms with Crippen LogP contribution in [0.25, 0.3) is 0 Å². The van der Waals surface area contributed by atoms with Crippen LogP contribution < -0.4 is 5.73 Å². The molecule has 3 nitrogen and oxygen atoms in total. The number of halogens is 1. The number of nitrogens with two attached hydrogens (primary N) is 1. The van der Waals surface area contributed by atoms with Crippen molar-refractivity contribution in [3.8, 4) is 0 Å². The summed E-state index contributed by atoms with van der Waals surface area (Å²) in [5.41, 5.74) is 7.74. The molecule has 0 aliphatic carbocycles. The summed E-state index contributed by atoms with van der Waals surface area (Å²) in [4.78, 5) is 8.14. The average Bonchev–Trinajstić information content (AvgIpc) is 2.30. The molecule has 0 bridgehead atoms. The summed E-state index contributed by atoms with van der Waals surface area (Å²) >= 11 is 5.79. The number of hydrogen-bond donors (Lipinski definition) is 1. The second-order valence-corrected chi connectivity index (χ2v) is 3.60. The van der Waals surface area contributed by atoms with Crippen molar-refractivity contribution in [3.05, 3.63) is 59.1 Å². The summed E-state index contributed by atoms with van der Waals surface area (Å²) in [5, 5.41) is 0.699. The van der Waals surface area contributed by atoms with Gasteiger partial charge in [-0.3, -0.25) is 9.97 Å². The molecule has 15 heavy (non-hydrogen) atoms. The van der Waals surface area contributed by atoms with Crippen molar-refractivity contribution in [1.29, 1.82) is 0 Å². The van der Waals surface area contributed by atoms with E-state index >= 15 is 0 Å². The lowest BCUT2D eigenvalue weighted by Gasteiger charge is -2.10. The fourth-order valence-electron chi connectivity index (χ4n) is 1.31. The topological polar surface area (TPSA) is 51.8 Å². The van der Waals surface area contributed by atoms with E-state index in [0.29, 0.717) is 5.02 Å². The molecule has 0 amide bonds. The molecule has 0 saturated heterocycles. The van der Waals surface area contributed by atoms with Crippen LogP contribution in [-0.2, 0) is 0 Å². The number of aromatic nitrogens is 2. The summed E-state index contributed by atoms with van der Waals surface area (Å²) in [6.45, 7) is 0. The third-order valence-corrected chi connectivity index (χ3v) is 2.38. The van der Waals surface area contributed by atoms with Crippen molar-refractivity contribution in [3.63, 3.8) is 0 Å². The van der Waals surface area contributed by atoms with Gasteiger partial charge in [-0.05, 0) is 17.7 Å². The van der Waals surface area contributed by atoms with Crippen LogP contribution in [0.4, 0.5) is 0 Å². The zero-order chi connectivity index (χ0) is 10.7. The second kappa shape index (κ2) is 4.38. The fraction of sp³-hybridized carbons (Fsp3) is 0.0909. The molecule has 0 spiro atoms. The maximum Gasteiger partial charge on any atom is 0.0799 e. The monoisotopic (exact) mass is 219 g/mol. The van der Waals surface area contributed by atoms with Gasteiger partial charge in [0, 0.05) is 17.4 Å². The van der Waals surface area contributed by atoms with E-state index in [-0.39, 0.29) is 6.04 Å². The Labute approximate surface area is 92.9 Å². The largest absolute Gasteiger partial charge is 0.319 e. The van der Waals surface area contributed by atoms with E-state index in [1.807, 2.05) is 24.3 Å². The SMILES string of the molecule is N[C@@H](c1ccc(Cl)cc1)c1cnccn1. The smallest absolute Gasteiger partial charge is 0.0799 e. The van der Waals surface area contributed by atoms with Crippen molar-refractivity contribution in [2.45, 2.75) is 6.04 Å². The molecule has 2 aromatic rings. The molecule has 0 saturated carbocycles. The molecule has 0 fully saturated rings. The molecule has 1 atom stereocenters. The van der Waals surface area contributed by atoms with Crippen LogP contribution in [0.5, 0.6) is 0 Å². The van der Waals surface area contributed by atoms with Gasteiger partial charge in [0.15, 0.2) is 0 Å². The molecule has 76 valence electrons. The van der Waals surface area contributed by atoms with Gasteiger partial charge in [0.05, 0.1) is 17.9 Å². The quantitative estimate of drug-likeness (QED) is 0.842. The van der Waals surface area contributed by atoms with Gasteiger partial charge < -0.3 is 5.73 Å². The van der Waals surface area contributed by atoms with Crippen molar-refractivity contribution in [2.24, 2.45) is 5.73 Å².